The van der Waals surface area contributed by atoms with Crippen molar-refractivity contribution in [1.29, 1.82) is 0 Å². The van der Waals surface area contributed by atoms with Gasteiger partial charge in [0.1, 0.15) is 0 Å². The fourth-order valence-corrected chi connectivity index (χ4v) is 8.01. The summed E-state index contributed by atoms with van der Waals surface area (Å²) in [4.78, 5) is 14.3. The zero-order chi connectivity index (χ0) is 28.3. The first-order valence-electron chi connectivity index (χ1n) is 13.3. The number of hydrogen-bond acceptors (Lipinski definition) is 6. The fraction of sp³-hybridized carbons (Fsp3) is 0.0882. The molecule has 6 rings (SSSR count). The van der Waals surface area contributed by atoms with Crippen molar-refractivity contribution in [1.82, 2.24) is 0 Å². The van der Waals surface area contributed by atoms with Gasteiger partial charge in [-0.25, -0.2) is 4.79 Å². The zero-order valence-electron chi connectivity index (χ0n) is 22.0. The molecule has 5 aromatic carbocycles. The Morgan fingerprint density at radius 2 is 1.05 bits per heavy atom. The van der Waals surface area contributed by atoms with Gasteiger partial charge < -0.3 is 23.5 Å². The molecule has 41 heavy (non-hydrogen) atoms. The smallest absolute Gasteiger partial charge is 0.467 e. The van der Waals surface area contributed by atoms with E-state index in [1.165, 1.54) is 0 Å². The molecule has 2 N–H and O–H groups in total. The number of hydrogen-bond donors (Lipinski definition) is 2. The van der Waals surface area contributed by atoms with Crippen LogP contribution in [0.2, 0.25) is 0 Å². The largest absolute Gasteiger partial charge is 0.608 e. The van der Waals surface area contributed by atoms with Crippen molar-refractivity contribution < 1.29 is 28.3 Å². The molecular weight excluding hydrogens is 532 g/mol. The summed E-state index contributed by atoms with van der Waals surface area (Å²) in [5.74, 6) is -0.977. The van der Waals surface area contributed by atoms with Crippen molar-refractivity contribution >= 4 is 20.0 Å². The SMILES string of the molecule is O=C(O[Si]1(c2ccccc2)OC(O)C(c2ccccc2)(c2ccccc2)O1)C(O)(c1ccccc1)c1ccccc1. The lowest BCUT2D eigenvalue weighted by Gasteiger charge is -2.34. The average Bonchev–Trinajstić information content (AvgIpc) is 3.36. The van der Waals surface area contributed by atoms with Crippen molar-refractivity contribution in [2.75, 3.05) is 0 Å². The molecule has 0 bridgehead atoms. The lowest BCUT2D eigenvalue weighted by molar-refractivity contribution is -0.156. The lowest BCUT2D eigenvalue weighted by atomic mass is 9.86. The van der Waals surface area contributed by atoms with Crippen LogP contribution in [-0.4, -0.2) is 31.3 Å². The summed E-state index contributed by atoms with van der Waals surface area (Å²) in [5, 5.41) is 24.3. The molecule has 0 saturated carbocycles. The molecule has 1 fully saturated rings. The summed E-state index contributed by atoms with van der Waals surface area (Å²) in [5.41, 5.74) is -1.79. The molecule has 1 aliphatic heterocycles. The summed E-state index contributed by atoms with van der Waals surface area (Å²) in [6.07, 6.45) is -1.53. The Kier molecular flexibility index (Phi) is 7.13. The lowest BCUT2D eigenvalue weighted by Crippen LogP contribution is -2.58. The predicted octanol–water partition coefficient (Wildman–Crippen LogP) is 4.62. The van der Waals surface area contributed by atoms with Crippen LogP contribution in [0.1, 0.15) is 22.3 Å². The molecule has 0 spiro atoms. The minimum atomic E-state index is -4.27. The van der Waals surface area contributed by atoms with Crippen LogP contribution in [0.15, 0.2) is 152 Å². The molecule has 1 aliphatic rings. The number of carbonyl (C=O) groups excluding carboxylic acids is 1. The van der Waals surface area contributed by atoms with Gasteiger partial charge in [0.15, 0.2) is 11.9 Å². The van der Waals surface area contributed by atoms with Crippen LogP contribution in [-0.2, 0) is 29.3 Å². The third kappa shape index (κ3) is 4.60. The number of rotatable bonds is 7. The van der Waals surface area contributed by atoms with E-state index in [-0.39, 0.29) is 0 Å². The maximum atomic E-state index is 14.3. The molecule has 1 heterocycles. The summed E-state index contributed by atoms with van der Waals surface area (Å²) in [6.45, 7) is 0. The highest BCUT2D eigenvalue weighted by Crippen LogP contribution is 2.47. The van der Waals surface area contributed by atoms with Gasteiger partial charge in [0, 0.05) is 5.19 Å². The Hall–Kier alpha value is -4.37. The van der Waals surface area contributed by atoms with E-state index in [0.29, 0.717) is 27.4 Å². The van der Waals surface area contributed by atoms with Crippen molar-refractivity contribution in [3.63, 3.8) is 0 Å². The monoisotopic (exact) mass is 560 g/mol. The Morgan fingerprint density at radius 3 is 1.49 bits per heavy atom. The highest BCUT2D eigenvalue weighted by Gasteiger charge is 2.67. The first-order chi connectivity index (χ1) is 20.0. The van der Waals surface area contributed by atoms with Crippen LogP contribution >= 0.6 is 0 Å². The number of aliphatic hydroxyl groups excluding tert-OH is 1. The molecule has 2 atom stereocenters. The Bertz CT molecular complexity index is 1520. The summed E-state index contributed by atoms with van der Waals surface area (Å²) in [6, 6.07) is 44.5. The van der Waals surface area contributed by atoms with Gasteiger partial charge in [-0.05, 0) is 22.3 Å². The summed E-state index contributed by atoms with van der Waals surface area (Å²) < 4.78 is 19.4. The van der Waals surface area contributed by atoms with Crippen molar-refractivity contribution in [2.45, 2.75) is 17.5 Å². The van der Waals surface area contributed by atoms with E-state index in [9.17, 15) is 15.0 Å². The highest BCUT2D eigenvalue weighted by atomic mass is 28.4. The summed E-state index contributed by atoms with van der Waals surface area (Å²) in [7, 11) is -4.27. The molecule has 0 aromatic heterocycles. The van der Waals surface area contributed by atoms with Gasteiger partial charge in [0.2, 0.25) is 5.60 Å². The van der Waals surface area contributed by atoms with E-state index < -0.39 is 32.3 Å². The van der Waals surface area contributed by atoms with Gasteiger partial charge in [-0.3, -0.25) is 0 Å². The third-order valence-electron chi connectivity index (χ3n) is 7.35. The van der Waals surface area contributed by atoms with Crippen molar-refractivity contribution in [3.05, 3.63) is 174 Å². The molecular formula is C34H28O6Si. The maximum Gasteiger partial charge on any atom is 0.608 e. The Labute approximate surface area is 239 Å². The Morgan fingerprint density at radius 1 is 0.659 bits per heavy atom. The zero-order valence-corrected chi connectivity index (χ0v) is 23.0. The van der Waals surface area contributed by atoms with Gasteiger partial charge in [-0.2, -0.15) is 0 Å². The van der Waals surface area contributed by atoms with Crippen LogP contribution < -0.4 is 5.19 Å². The minimum absolute atomic E-state index is 0.323. The quantitative estimate of drug-likeness (QED) is 0.283. The standard InChI is InChI=1S/C34H28O6Si/c35-31(33(37,26-16-6-1-7-17-26)27-18-8-2-9-19-27)38-41(30-24-14-5-15-25-30)39-32(36)34(40-41,28-20-10-3-11-21-28)29-22-12-4-13-23-29/h1-25,32,36-37H. The number of aliphatic hydroxyl groups is 2. The van der Waals surface area contributed by atoms with Crippen molar-refractivity contribution in [3.8, 4) is 0 Å². The third-order valence-corrected chi connectivity index (χ3v) is 9.97. The van der Waals surface area contributed by atoms with E-state index >= 15 is 0 Å². The number of carbonyl (C=O) groups is 1. The van der Waals surface area contributed by atoms with Gasteiger partial charge >= 0.3 is 14.8 Å². The van der Waals surface area contributed by atoms with Gasteiger partial charge in [-0.15, -0.1) is 0 Å². The van der Waals surface area contributed by atoms with Crippen LogP contribution in [0, 0.1) is 0 Å². The molecule has 204 valence electrons. The fourth-order valence-electron chi connectivity index (χ4n) is 5.29. The molecule has 7 heteroatoms. The summed E-state index contributed by atoms with van der Waals surface area (Å²) >= 11 is 0. The van der Waals surface area contributed by atoms with E-state index in [1.807, 2.05) is 66.7 Å². The highest BCUT2D eigenvalue weighted by molar-refractivity contribution is 6.77. The van der Waals surface area contributed by atoms with Crippen molar-refractivity contribution in [2.24, 2.45) is 0 Å². The number of benzene rings is 5. The normalized spacial score (nSPS) is 19.9. The molecule has 6 nitrogen and oxygen atoms in total. The van der Waals surface area contributed by atoms with E-state index in [0.717, 1.165) is 0 Å². The van der Waals surface area contributed by atoms with Crippen LogP contribution in [0.3, 0.4) is 0 Å². The molecule has 1 saturated heterocycles. The molecule has 0 aliphatic carbocycles. The van der Waals surface area contributed by atoms with Gasteiger partial charge in [0.05, 0.1) is 0 Å². The molecule has 2 unspecified atom stereocenters. The second-order valence-electron chi connectivity index (χ2n) is 9.79. The van der Waals surface area contributed by atoms with Gasteiger partial charge in [0.25, 0.3) is 0 Å². The predicted molar refractivity (Wildman–Crippen MR) is 156 cm³/mol. The van der Waals surface area contributed by atoms with E-state index in [4.69, 9.17) is 13.3 Å². The minimum Gasteiger partial charge on any atom is -0.467 e. The van der Waals surface area contributed by atoms with E-state index in [2.05, 4.69) is 0 Å². The maximum absolute atomic E-state index is 14.3. The van der Waals surface area contributed by atoms with Crippen LogP contribution in [0.4, 0.5) is 0 Å². The van der Waals surface area contributed by atoms with Crippen LogP contribution in [0.5, 0.6) is 0 Å². The topological polar surface area (TPSA) is 85.2 Å². The average molecular weight is 561 g/mol. The first-order valence-corrected chi connectivity index (χ1v) is 15.0. The Balaban J connectivity index is 1.52. The second kappa shape index (κ2) is 10.9. The van der Waals surface area contributed by atoms with Gasteiger partial charge in [-0.1, -0.05) is 152 Å². The molecule has 0 radical (unpaired) electrons. The second-order valence-corrected chi connectivity index (χ2v) is 12.1. The molecule has 5 aromatic rings. The molecule has 0 amide bonds. The van der Waals surface area contributed by atoms with Crippen LogP contribution in [0.25, 0.3) is 0 Å². The van der Waals surface area contributed by atoms with E-state index in [1.54, 1.807) is 84.9 Å². The first kappa shape index (κ1) is 26.8.